The third-order valence-corrected chi connectivity index (χ3v) is 6.04. The van der Waals surface area contributed by atoms with Gasteiger partial charge in [-0.05, 0) is 74.0 Å². The second-order valence-corrected chi connectivity index (χ2v) is 8.86. The van der Waals surface area contributed by atoms with Gasteiger partial charge in [0.05, 0.1) is 24.2 Å². The van der Waals surface area contributed by atoms with Gasteiger partial charge in [-0.25, -0.2) is 8.42 Å². The van der Waals surface area contributed by atoms with Crippen LogP contribution in [0, 0.1) is 11.3 Å². The number of hydrogen-bond acceptors (Lipinski definition) is 6. The van der Waals surface area contributed by atoms with Crippen LogP contribution in [0.1, 0.15) is 30.1 Å². The molecular formula is C25H25N3O5S. The first-order valence-corrected chi connectivity index (χ1v) is 12.2. The number of amides is 1. The van der Waals surface area contributed by atoms with Crippen LogP contribution in [0.3, 0.4) is 0 Å². The lowest BCUT2D eigenvalue weighted by Gasteiger charge is -2.11. The van der Waals surface area contributed by atoms with Crippen molar-refractivity contribution < 1.29 is 22.7 Å². The van der Waals surface area contributed by atoms with Crippen molar-refractivity contribution in [2.24, 2.45) is 0 Å². The Bertz CT molecular complexity index is 1250. The van der Waals surface area contributed by atoms with E-state index in [9.17, 15) is 13.2 Å². The molecule has 0 aliphatic heterocycles. The second-order valence-electron chi connectivity index (χ2n) is 7.18. The first kappa shape index (κ1) is 24.6. The van der Waals surface area contributed by atoms with Crippen molar-refractivity contribution in [1.29, 1.82) is 5.26 Å². The summed E-state index contributed by atoms with van der Waals surface area (Å²) in [5.74, 6) is 0.847. The molecule has 0 aliphatic rings. The number of carbonyl (C=O) groups excluding carboxylic acids is 1. The summed E-state index contributed by atoms with van der Waals surface area (Å²) in [4.78, 5) is 12.6. The summed E-state index contributed by atoms with van der Waals surface area (Å²) in [6.45, 7) is 2.80. The van der Waals surface area contributed by atoms with Gasteiger partial charge < -0.3 is 14.8 Å². The van der Waals surface area contributed by atoms with Gasteiger partial charge in [0.1, 0.15) is 11.5 Å². The van der Waals surface area contributed by atoms with Gasteiger partial charge in [-0.3, -0.25) is 9.52 Å². The summed E-state index contributed by atoms with van der Waals surface area (Å²) in [6, 6.07) is 21.2. The Hall–Kier alpha value is -4.03. The molecule has 0 saturated carbocycles. The zero-order chi connectivity index (χ0) is 24.4. The maximum Gasteiger partial charge on any atom is 0.261 e. The molecule has 0 aliphatic carbocycles. The van der Waals surface area contributed by atoms with Crippen molar-refractivity contribution >= 4 is 27.3 Å². The van der Waals surface area contributed by atoms with Gasteiger partial charge in [-0.15, -0.1) is 0 Å². The Morgan fingerprint density at radius 3 is 2.35 bits per heavy atom. The zero-order valence-electron chi connectivity index (χ0n) is 18.7. The van der Waals surface area contributed by atoms with E-state index >= 15 is 0 Å². The molecule has 0 fully saturated rings. The van der Waals surface area contributed by atoms with E-state index in [0.29, 0.717) is 54.5 Å². The summed E-state index contributed by atoms with van der Waals surface area (Å²) in [5.41, 5.74) is 1.25. The van der Waals surface area contributed by atoms with Crippen molar-refractivity contribution in [2.75, 3.05) is 23.3 Å². The Morgan fingerprint density at radius 1 is 0.941 bits per heavy atom. The summed E-state index contributed by atoms with van der Waals surface area (Å²) in [5, 5.41) is 11.3. The van der Waals surface area contributed by atoms with E-state index in [1.54, 1.807) is 48.5 Å². The molecule has 176 valence electrons. The zero-order valence-corrected chi connectivity index (χ0v) is 19.5. The van der Waals surface area contributed by atoms with E-state index in [-0.39, 0.29) is 10.8 Å². The number of unbranched alkanes of at least 4 members (excludes halogenated alkanes) is 1. The SMILES string of the molecule is CCOc1ccc(NS(=O)(=O)c2ccc(C(=O)Nc3cccc(OCCCC#N)c3)cc2)cc1. The van der Waals surface area contributed by atoms with Crippen LogP contribution in [0.5, 0.6) is 11.5 Å². The number of hydrogen-bond donors (Lipinski definition) is 2. The maximum absolute atomic E-state index is 12.7. The minimum atomic E-state index is -3.82. The molecular weight excluding hydrogens is 454 g/mol. The largest absolute Gasteiger partial charge is 0.494 e. The average molecular weight is 480 g/mol. The molecule has 0 saturated heterocycles. The molecule has 0 heterocycles. The summed E-state index contributed by atoms with van der Waals surface area (Å²) < 4.78 is 38.8. The number of benzene rings is 3. The number of rotatable bonds is 11. The molecule has 8 nitrogen and oxygen atoms in total. The average Bonchev–Trinajstić information content (AvgIpc) is 2.83. The third kappa shape index (κ3) is 6.98. The number of carbonyl (C=O) groups is 1. The smallest absolute Gasteiger partial charge is 0.261 e. The molecule has 3 rings (SSSR count). The van der Waals surface area contributed by atoms with Crippen molar-refractivity contribution in [2.45, 2.75) is 24.7 Å². The fourth-order valence-electron chi connectivity index (χ4n) is 2.99. The number of nitriles is 1. The first-order valence-electron chi connectivity index (χ1n) is 10.7. The van der Waals surface area contributed by atoms with E-state index < -0.39 is 10.0 Å². The van der Waals surface area contributed by atoms with Crippen LogP contribution >= 0.6 is 0 Å². The highest BCUT2D eigenvalue weighted by molar-refractivity contribution is 7.92. The molecule has 34 heavy (non-hydrogen) atoms. The molecule has 0 atom stereocenters. The highest BCUT2D eigenvalue weighted by Gasteiger charge is 2.15. The Balaban J connectivity index is 1.62. The fourth-order valence-corrected chi connectivity index (χ4v) is 4.05. The van der Waals surface area contributed by atoms with Gasteiger partial charge in [0.15, 0.2) is 0 Å². The minimum Gasteiger partial charge on any atom is -0.494 e. The monoisotopic (exact) mass is 479 g/mol. The van der Waals surface area contributed by atoms with Crippen LogP contribution in [0.4, 0.5) is 11.4 Å². The van der Waals surface area contributed by atoms with Crippen molar-refractivity contribution in [1.82, 2.24) is 0 Å². The minimum absolute atomic E-state index is 0.0331. The lowest BCUT2D eigenvalue weighted by atomic mass is 10.2. The lowest BCUT2D eigenvalue weighted by molar-refractivity contribution is 0.102. The van der Waals surface area contributed by atoms with Gasteiger partial charge in [-0.1, -0.05) is 6.07 Å². The van der Waals surface area contributed by atoms with Crippen LogP contribution in [-0.4, -0.2) is 27.5 Å². The summed E-state index contributed by atoms with van der Waals surface area (Å²) in [7, 11) is -3.82. The fraction of sp³-hybridized carbons (Fsp3) is 0.200. The lowest BCUT2D eigenvalue weighted by Crippen LogP contribution is -2.15. The third-order valence-electron chi connectivity index (χ3n) is 4.64. The van der Waals surface area contributed by atoms with Crippen LogP contribution in [0.2, 0.25) is 0 Å². The van der Waals surface area contributed by atoms with Gasteiger partial charge in [-0.2, -0.15) is 5.26 Å². The predicted octanol–water partition coefficient (Wildman–Crippen LogP) is 4.82. The van der Waals surface area contributed by atoms with E-state index in [1.807, 2.05) is 6.92 Å². The number of nitrogens with one attached hydrogen (secondary N) is 2. The summed E-state index contributed by atoms with van der Waals surface area (Å²) in [6.07, 6.45) is 1.04. The quantitative estimate of drug-likeness (QED) is 0.381. The number of sulfonamides is 1. The molecule has 1 amide bonds. The molecule has 0 unspecified atom stereocenters. The molecule has 0 radical (unpaired) electrons. The predicted molar refractivity (Wildman–Crippen MR) is 130 cm³/mol. The molecule has 0 spiro atoms. The number of ether oxygens (including phenoxy) is 2. The molecule has 3 aromatic carbocycles. The topological polar surface area (TPSA) is 118 Å². The van der Waals surface area contributed by atoms with E-state index in [1.165, 1.54) is 24.3 Å². The van der Waals surface area contributed by atoms with Gasteiger partial charge in [0.2, 0.25) is 0 Å². The summed E-state index contributed by atoms with van der Waals surface area (Å²) >= 11 is 0. The molecule has 3 aromatic rings. The number of anilines is 2. The molecule has 0 bridgehead atoms. The Morgan fingerprint density at radius 2 is 1.68 bits per heavy atom. The van der Waals surface area contributed by atoms with Crippen LogP contribution in [0.25, 0.3) is 0 Å². The normalized spacial score (nSPS) is 10.7. The standard InChI is InChI=1S/C25H25N3O5S/c1-2-32-22-12-10-20(11-13-22)28-34(30,31)24-14-8-19(9-15-24)25(29)27-21-6-5-7-23(18-21)33-17-4-3-16-26/h5-15,18,28H,2-4,17H2,1H3,(H,27,29). The highest BCUT2D eigenvalue weighted by Crippen LogP contribution is 2.21. The van der Waals surface area contributed by atoms with Gasteiger partial charge in [0.25, 0.3) is 15.9 Å². The van der Waals surface area contributed by atoms with Crippen LogP contribution in [-0.2, 0) is 10.0 Å². The van der Waals surface area contributed by atoms with E-state index in [4.69, 9.17) is 14.7 Å². The van der Waals surface area contributed by atoms with Crippen molar-refractivity contribution in [3.05, 3.63) is 78.4 Å². The Kier molecular flexibility index (Phi) is 8.48. The van der Waals surface area contributed by atoms with Gasteiger partial charge >= 0.3 is 0 Å². The molecule has 9 heteroatoms. The number of nitrogens with zero attached hydrogens (tertiary/aromatic N) is 1. The first-order chi connectivity index (χ1) is 16.4. The van der Waals surface area contributed by atoms with Crippen LogP contribution in [0.15, 0.2) is 77.7 Å². The van der Waals surface area contributed by atoms with Gasteiger partial charge in [0, 0.05) is 29.4 Å². The maximum atomic E-state index is 12.7. The Labute approximate surface area is 199 Å². The molecule has 2 N–H and O–H groups in total. The second kappa shape index (κ2) is 11.7. The van der Waals surface area contributed by atoms with E-state index in [2.05, 4.69) is 16.1 Å². The molecule has 0 aromatic heterocycles. The van der Waals surface area contributed by atoms with E-state index in [0.717, 1.165) is 0 Å². The van der Waals surface area contributed by atoms with Crippen molar-refractivity contribution in [3.63, 3.8) is 0 Å². The van der Waals surface area contributed by atoms with Crippen LogP contribution < -0.4 is 19.5 Å². The van der Waals surface area contributed by atoms with Crippen molar-refractivity contribution in [3.8, 4) is 17.6 Å². The highest BCUT2D eigenvalue weighted by atomic mass is 32.2.